The lowest BCUT2D eigenvalue weighted by Gasteiger charge is -2.26. The molecule has 0 spiro atoms. The first kappa shape index (κ1) is 12.6. The summed E-state index contributed by atoms with van der Waals surface area (Å²) in [6, 6.07) is 18.8. The van der Waals surface area contributed by atoms with E-state index in [0.29, 0.717) is 0 Å². The molecule has 0 radical (unpaired) electrons. The number of benzene rings is 2. The van der Waals surface area contributed by atoms with Crippen molar-refractivity contribution in [3.05, 3.63) is 65.7 Å². The number of para-hydroxylation sites is 1. The molecule has 0 fully saturated rings. The highest BCUT2D eigenvalue weighted by molar-refractivity contribution is 5.36. The maximum Gasteiger partial charge on any atom is 0.124 e. The molecular weight excluding hydrogens is 228 g/mol. The Balaban J connectivity index is 0.000000574. The van der Waals surface area contributed by atoms with Crippen molar-refractivity contribution in [2.45, 2.75) is 18.9 Å². The Labute approximate surface area is 106 Å². The quantitative estimate of drug-likeness (QED) is 0.593. The van der Waals surface area contributed by atoms with Crippen molar-refractivity contribution in [3.8, 4) is 5.75 Å². The molecule has 2 aromatic carbocycles. The van der Waals surface area contributed by atoms with Crippen LogP contribution in [0, 0.1) is 0 Å². The van der Waals surface area contributed by atoms with E-state index in [0.717, 1.165) is 18.6 Å². The van der Waals surface area contributed by atoms with Gasteiger partial charge in [-0.05, 0) is 30.0 Å². The van der Waals surface area contributed by atoms with E-state index in [1.165, 1.54) is 11.1 Å². The molecule has 94 valence electrons. The van der Waals surface area contributed by atoms with E-state index >= 15 is 0 Å². The zero-order valence-electron chi connectivity index (χ0n) is 9.99. The van der Waals surface area contributed by atoms with Gasteiger partial charge in [0.25, 0.3) is 0 Å². The van der Waals surface area contributed by atoms with Crippen molar-refractivity contribution in [3.63, 3.8) is 0 Å². The zero-order chi connectivity index (χ0) is 12.8. The van der Waals surface area contributed by atoms with Crippen molar-refractivity contribution >= 4 is 0 Å². The van der Waals surface area contributed by atoms with Crippen molar-refractivity contribution in [2.24, 2.45) is 0 Å². The van der Waals surface area contributed by atoms with Gasteiger partial charge in [0.15, 0.2) is 0 Å². The van der Waals surface area contributed by atoms with E-state index < -0.39 is 0 Å². The topological polar surface area (TPSA) is 49.7 Å². The summed E-state index contributed by atoms with van der Waals surface area (Å²) in [7, 11) is 0. The Morgan fingerprint density at radius 2 is 1.56 bits per heavy atom. The van der Waals surface area contributed by atoms with Crippen LogP contribution in [0.4, 0.5) is 0 Å². The highest BCUT2D eigenvalue weighted by Gasteiger charge is 2.20. The summed E-state index contributed by atoms with van der Waals surface area (Å²) >= 11 is 0. The van der Waals surface area contributed by atoms with Gasteiger partial charge in [-0.15, -0.1) is 0 Å². The van der Waals surface area contributed by atoms with Gasteiger partial charge in [-0.1, -0.05) is 48.5 Å². The summed E-state index contributed by atoms with van der Waals surface area (Å²) in [6.07, 6.45) is 2.40. The Hall–Kier alpha value is -1.84. The lowest BCUT2D eigenvalue weighted by Crippen LogP contribution is -2.14. The fourth-order valence-electron chi connectivity index (χ4n) is 2.23. The van der Waals surface area contributed by atoms with Crippen molar-refractivity contribution in [2.75, 3.05) is 0 Å². The van der Waals surface area contributed by atoms with Gasteiger partial charge in [-0.2, -0.15) is 0 Å². The molecule has 1 aliphatic rings. The van der Waals surface area contributed by atoms with E-state index in [2.05, 4.69) is 42.5 Å². The summed E-state index contributed by atoms with van der Waals surface area (Å²) in [4.78, 5) is 0. The maximum absolute atomic E-state index is 6.02. The third-order valence-electron chi connectivity index (χ3n) is 3.09. The van der Waals surface area contributed by atoms with Gasteiger partial charge in [-0.25, -0.2) is 0 Å². The Morgan fingerprint density at radius 3 is 2.33 bits per heavy atom. The van der Waals surface area contributed by atoms with Crippen LogP contribution >= 0.6 is 0 Å². The molecule has 0 aliphatic carbocycles. The standard InChI is InChI=1S/C15H14O.H2O2/c1-2-6-12(7-3-1)15-11-10-13-8-4-5-9-14(13)16-15;1-2/h1-9,15H,10-11H2;1-2H. The third-order valence-corrected chi connectivity index (χ3v) is 3.09. The van der Waals surface area contributed by atoms with Gasteiger partial charge in [0.05, 0.1) is 0 Å². The minimum Gasteiger partial charge on any atom is -0.485 e. The van der Waals surface area contributed by atoms with Crippen LogP contribution in [-0.4, -0.2) is 10.5 Å². The van der Waals surface area contributed by atoms with Crippen LogP contribution in [0.15, 0.2) is 54.6 Å². The molecule has 1 heterocycles. The van der Waals surface area contributed by atoms with E-state index in [9.17, 15) is 0 Å². The summed E-state index contributed by atoms with van der Waals surface area (Å²) in [6.45, 7) is 0. The Morgan fingerprint density at radius 1 is 0.889 bits per heavy atom. The first-order valence-corrected chi connectivity index (χ1v) is 5.93. The molecule has 2 aromatic rings. The van der Waals surface area contributed by atoms with Gasteiger partial charge in [0.1, 0.15) is 11.9 Å². The van der Waals surface area contributed by atoms with E-state index in [4.69, 9.17) is 15.3 Å². The SMILES string of the molecule is OO.c1ccc(C2CCc3ccccc3O2)cc1. The number of ether oxygens (including phenoxy) is 1. The molecule has 18 heavy (non-hydrogen) atoms. The van der Waals surface area contributed by atoms with Gasteiger partial charge in [0, 0.05) is 0 Å². The summed E-state index contributed by atoms with van der Waals surface area (Å²) in [5, 5.41) is 12.0. The van der Waals surface area contributed by atoms with Crippen LogP contribution < -0.4 is 4.74 Å². The second kappa shape index (κ2) is 6.19. The second-order valence-electron chi connectivity index (χ2n) is 4.16. The van der Waals surface area contributed by atoms with Crippen LogP contribution in [-0.2, 0) is 6.42 Å². The highest BCUT2D eigenvalue weighted by Crippen LogP contribution is 2.34. The Kier molecular flexibility index (Phi) is 4.34. The monoisotopic (exact) mass is 244 g/mol. The zero-order valence-corrected chi connectivity index (χ0v) is 9.99. The molecule has 0 amide bonds. The Bertz CT molecular complexity index is 482. The fourth-order valence-corrected chi connectivity index (χ4v) is 2.23. The molecule has 1 atom stereocenters. The smallest absolute Gasteiger partial charge is 0.124 e. The number of aryl methyl sites for hydroxylation is 1. The molecule has 1 unspecified atom stereocenters. The molecule has 0 saturated carbocycles. The highest BCUT2D eigenvalue weighted by atomic mass is 17.0. The van der Waals surface area contributed by atoms with E-state index in [1.54, 1.807) is 0 Å². The summed E-state index contributed by atoms with van der Waals surface area (Å²) in [5.41, 5.74) is 2.60. The fraction of sp³-hybridized carbons (Fsp3) is 0.200. The van der Waals surface area contributed by atoms with Crippen molar-refractivity contribution in [1.82, 2.24) is 0 Å². The third kappa shape index (κ3) is 2.70. The predicted octanol–water partition coefficient (Wildman–Crippen LogP) is 3.77. The van der Waals surface area contributed by atoms with Crippen molar-refractivity contribution < 1.29 is 15.3 Å². The summed E-state index contributed by atoms with van der Waals surface area (Å²) in [5.74, 6) is 1.04. The van der Waals surface area contributed by atoms with Gasteiger partial charge < -0.3 is 4.74 Å². The number of hydrogen-bond acceptors (Lipinski definition) is 3. The van der Waals surface area contributed by atoms with E-state index in [1.807, 2.05) is 12.1 Å². The molecule has 2 N–H and O–H groups in total. The molecule has 1 aliphatic heterocycles. The van der Waals surface area contributed by atoms with Crippen molar-refractivity contribution in [1.29, 1.82) is 0 Å². The molecular formula is C15H16O3. The first-order valence-electron chi connectivity index (χ1n) is 5.93. The van der Waals surface area contributed by atoms with E-state index in [-0.39, 0.29) is 6.10 Å². The molecule has 0 saturated heterocycles. The minimum absolute atomic E-state index is 0.219. The van der Waals surface area contributed by atoms with Gasteiger partial charge in [0.2, 0.25) is 0 Å². The maximum atomic E-state index is 6.02. The summed E-state index contributed by atoms with van der Waals surface area (Å²) < 4.78 is 6.02. The van der Waals surface area contributed by atoms with Gasteiger partial charge >= 0.3 is 0 Å². The van der Waals surface area contributed by atoms with Crippen LogP contribution in [0.5, 0.6) is 5.75 Å². The number of fused-ring (bicyclic) bond motifs is 1. The minimum atomic E-state index is 0.219. The average Bonchev–Trinajstić information content (AvgIpc) is 2.50. The van der Waals surface area contributed by atoms with Crippen LogP contribution in [0.3, 0.4) is 0 Å². The second-order valence-corrected chi connectivity index (χ2v) is 4.16. The van der Waals surface area contributed by atoms with Crippen LogP contribution in [0.1, 0.15) is 23.7 Å². The molecule has 0 bridgehead atoms. The number of rotatable bonds is 1. The normalized spacial score (nSPS) is 16.9. The first-order chi connectivity index (χ1) is 8.93. The predicted molar refractivity (Wildman–Crippen MR) is 69.8 cm³/mol. The lowest BCUT2D eigenvalue weighted by atomic mass is 9.98. The molecule has 3 nitrogen and oxygen atoms in total. The largest absolute Gasteiger partial charge is 0.485 e. The van der Waals surface area contributed by atoms with Crippen LogP contribution in [0.2, 0.25) is 0 Å². The van der Waals surface area contributed by atoms with Gasteiger partial charge in [-0.3, -0.25) is 10.5 Å². The van der Waals surface area contributed by atoms with Crippen LogP contribution in [0.25, 0.3) is 0 Å². The lowest BCUT2D eigenvalue weighted by molar-refractivity contribution is -0.176. The number of hydrogen-bond donors (Lipinski definition) is 2. The molecule has 3 heteroatoms. The average molecular weight is 244 g/mol. The molecule has 0 aromatic heterocycles. The molecule has 3 rings (SSSR count).